The molecule has 36 heavy (non-hydrogen) atoms. The molecule has 0 saturated carbocycles. The maximum absolute atomic E-state index is 12.8. The minimum absolute atomic E-state index is 0. The zero-order valence-electron chi connectivity index (χ0n) is 21.4. The lowest BCUT2D eigenvalue weighted by atomic mass is 9.91. The Morgan fingerprint density at radius 3 is 1.92 bits per heavy atom. The molecule has 0 radical (unpaired) electrons. The van der Waals surface area contributed by atoms with Gasteiger partial charge in [-0.25, -0.2) is 10.0 Å². The Morgan fingerprint density at radius 2 is 1.33 bits per heavy atom. The number of nitrogens with zero attached hydrogens (tertiary/aromatic N) is 4. The van der Waals surface area contributed by atoms with Crippen molar-refractivity contribution >= 4 is 49.1 Å². The third-order valence-electron chi connectivity index (χ3n) is 7.72. The summed E-state index contributed by atoms with van der Waals surface area (Å²) >= 11 is 0. The van der Waals surface area contributed by atoms with Gasteiger partial charge in [0.25, 0.3) is 0 Å². The number of hydrogen-bond acceptors (Lipinski definition) is 6. The normalized spacial score (nSPS) is 20.5. The number of rotatable bonds is 7. The first kappa shape index (κ1) is 32.9. The number of esters is 1. The smallest absolute Gasteiger partial charge is 0.305 e. The van der Waals surface area contributed by atoms with Crippen LogP contribution in [0.1, 0.15) is 37.7 Å². The number of methoxy groups -OCH3 is 1. The molecule has 0 aromatic heterocycles. The lowest BCUT2D eigenvalue weighted by Crippen LogP contribution is -2.57. The van der Waals surface area contributed by atoms with Gasteiger partial charge in [-0.15, -0.1) is 37.2 Å². The second-order valence-electron chi connectivity index (χ2n) is 9.92. The molecule has 0 aliphatic carbocycles. The highest BCUT2D eigenvalue weighted by Gasteiger charge is 2.29. The fourth-order valence-corrected chi connectivity index (χ4v) is 5.53. The topological polar surface area (TPSA) is 56.3 Å². The molecule has 206 valence electrons. The van der Waals surface area contributed by atoms with E-state index >= 15 is 0 Å². The van der Waals surface area contributed by atoms with E-state index < -0.39 is 0 Å². The number of amides is 1. The minimum Gasteiger partial charge on any atom is -0.469 e. The molecular weight excluding hydrogens is 523 g/mol. The summed E-state index contributed by atoms with van der Waals surface area (Å²) in [6.45, 7) is 8.28. The quantitative estimate of drug-likeness (QED) is 0.472. The highest BCUT2D eigenvalue weighted by atomic mass is 35.5. The second-order valence-corrected chi connectivity index (χ2v) is 9.92. The zero-order valence-corrected chi connectivity index (χ0v) is 23.8. The van der Waals surface area contributed by atoms with Crippen molar-refractivity contribution in [2.75, 3.05) is 66.0 Å². The van der Waals surface area contributed by atoms with Crippen LogP contribution in [-0.2, 0) is 20.7 Å². The number of piperazine rings is 1. The molecule has 1 amide bonds. The van der Waals surface area contributed by atoms with Gasteiger partial charge >= 0.3 is 5.97 Å². The standard InChI is InChI=1S/C26H40N4O3.3ClH/c1-33-26(32)20-24-7-11-28(12-8-24)25(31)21-27-15-17-30(18-16-27)29-13-9-23(10-14-29)19-22-5-3-2-4-6-22;;;/h2-6,23-24H,7-21H2,1H3;3*1H. The van der Waals surface area contributed by atoms with E-state index in [1.54, 1.807) is 0 Å². The lowest BCUT2D eigenvalue weighted by Gasteiger charge is -2.44. The van der Waals surface area contributed by atoms with Crippen molar-refractivity contribution in [2.24, 2.45) is 11.8 Å². The van der Waals surface area contributed by atoms with Crippen LogP contribution in [0.3, 0.4) is 0 Å². The molecule has 4 rings (SSSR count). The number of piperidine rings is 2. The molecule has 0 unspecified atom stereocenters. The predicted molar refractivity (Wildman–Crippen MR) is 150 cm³/mol. The number of ether oxygens (including phenoxy) is 1. The average Bonchev–Trinajstić information content (AvgIpc) is 2.86. The van der Waals surface area contributed by atoms with Crippen LogP contribution in [0.15, 0.2) is 30.3 Å². The Kier molecular flexibility index (Phi) is 15.3. The molecule has 3 saturated heterocycles. The summed E-state index contributed by atoms with van der Waals surface area (Å²) in [6.07, 6.45) is 6.00. The Balaban J connectivity index is 0.00000216. The molecule has 7 nitrogen and oxygen atoms in total. The summed E-state index contributed by atoms with van der Waals surface area (Å²) in [5, 5.41) is 5.06. The van der Waals surface area contributed by atoms with Crippen LogP contribution in [0, 0.1) is 11.8 Å². The van der Waals surface area contributed by atoms with Crippen molar-refractivity contribution in [3.05, 3.63) is 35.9 Å². The monoisotopic (exact) mass is 564 g/mol. The molecule has 3 aliphatic heterocycles. The molecule has 0 atom stereocenters. The van der Waals surface area contributed by atoms with Gasteiger partial charge in [0, 0.05) is 58.8 Å². The Bertz CT molecular complexity index is 765. The number of carbonyl (C=O) groups is 2. The van der Waals surface area contributed by atoms with Crippen molar-refractivity contribution in [3.63, 3.8) is 0 Å². The van der Waals surface area contributed by atoms with Gasteiger partial charge in [-0.2, -0.15) is 0 Å². The molecule has 10 heteroatoms. The van der Waals surface area contributed by atoms with Crippen LogP contribution in [0.5, 0.6) is 0 Å². The molecule has 0 N–H and O–H groups in total. The third kappa shape index (κ3) is 9.66. The number of hydrazine groups is 1. The number of hydrogen-bond donors (Lipinski definition) is 0. The molecular formula is C26H43Cl3N4O3. The van der Waals surface area contributed by atoms with Crippen LogP contribution in [0.2, 0.25) is 0 Å². The van der Waals surface area contributed by atoms with E-state index in [-0.39, 0.29) is 49.1 Å². The second kappa shape index (κ2) is 16.7. The van der Waals surface area contributed by atoms with Gasteiger partial charge in [-0.05, 0) is 49.5 Å². The number of carbonyl (C=O) groups excluding carboxylic acids is 2. The molecule has 0 spiro atoms. The molecule has 1 aromatic carbocycles. The Morgan fingerprint density at radius 1 is 0.778 bits per heavy atom. The largest absolute Gasteiger partial charge is 0.469 e. The van der Waals surface area contributed by atoms with E-state index in [9.17, 15) is 9.59 Å². The summed E-state index contributed by atoms with van der Waals surface area (Å²) in [5.41, 5.74) is 1.46. The van der Waals surface area contributed by atoms with E-state index in [2.05, 4.69) is 45.2 Å². The zero-order chi connectivity index (χ0) is 23.0. The first-order valence-electron chi connectivity index (χ1n) is 12.7. The van der Waals surface area contributed by atoms with Gasteiger partial charge in [0.05, 0.1) is 13.7 Å². The third-order valence-corrected chi connectivity index (χ3v) is 7.72. The predicted octanol–water partition coefficient (Wildman–Crippen LogP) is 3.54. The SMILES string of the molecule is COC(=O)CC1CCN(C(=O)CN2CCN(N3CCC(Cc4ccccc4)CC3)CC2)CC1.Cl.Cl.Cl. The summed E-state index contributed by atoms with van der Waals surface area (Å²) in [7, 11) is 1.44. The van der Waals surface area contributed by atoms with Gasteiger partial charge in [-0.3, -0.25) is 14.5 Å². The highest BCUT2D eigenvalue weighted by molar-refractivity contribution is 5.86. The molecule has 1 aromatic rings. The summed E-state index contributed by atoms with van der Waals surface area (Å²) < 4.78 is 4.78. The summed E-state index contributed by atoms with van der Waals surface area (Å²) in [5.74, 6) is 1.24. The van der Waals surface area contributed by atoms with Crippen LogP contribution >= 0.6 is 37.2 Å². The minimum atomic E-state index is -0.141. The molecule has 3 heterocycles. The van der Waals surface area contributed by atoms with Crippen molar-refractivity contribution < 1.29 is 14.3 Å². The van der Waals surface area contributed by atoms with Crippen molar-refractivity contribution in [3.8, 4) is 0 Å². The van der Waals surface area contributed by atoms with Gasteiger partial charge < -0.3 is 9.64 Å². The fraction of sp³-hybridized carbons (Fsp3) is 0.692. The maximum Gasteiger partial charge on any atom is 0.305 e. The van der Waals surface area contributed by atoms with Crippen molar-refractivity contribution in [1.29, 1.82) is 0 Å². The van der Waals surface area contributed by atoms with Crippen LogP contribution in [0.25, 0.3) is 0 Å². The average molecular weight is 566 g/mol. The molecule has 3 aliphatic rings. The Labute approximate surface area is 235 Å². The van der Waals surface area contributed by atoms with Crippen LogP contribution < -0.4 is 0 Å². The van der Waals surface area contributed by atoms with Gasteiger partial charge in [-0.1, -0.05) is 30.3 Å². The first-order valence-corrected chi connectivity index (χ1v) is 12.7. The van der Waals surface area contributed by atoms with E-state index in [4.69, 9.17) is 4.74 Å². The molecule has 3 fully saturated rings. The maximum atomic E-state index is 12.8. The van der Waals surface area contributed by atoms with Crippen LogP contribution in [-0.4, -0.2) is 97.7 Å². The van der Waals surface area contributed by atoms with E-state index in [0.717, 1.165) is 71.1 Å². The first-order chi connectivity index (χ1) is 16.1. The van der Waals surface area contributed by atoms with Crippen molar-refractivity contribution in [1.82, 2.24) is 19.8 Å². The van der Waals surface area contributed by atoms with Crippen LogP contribution in [0.4, 0.5) is 0 Å². The number of likely N-dealkylation sites (tertiary alicyclic amines) is 1. The van der Waals surface area contributed by atoms with E-state index in [0.29, 0.717) is 18.9 Å². The molecule has 0 bridgehead atoms. The van der Waals surface area contributed by atoms with Gasteiger partial charge in [0.15, 0.2) is 0 Å². The number of benzene rings is 1. The summed E-state index contributed by atoms with van der Waals surface area (Å²) in [6, 6.07) is 10.9. The lowest BCUT2D eigenvalue weighted by molar-refractivity contribution is -0.142. The fourth-order valence-electron chi connectivity index (χ4n) is 5.53. The van der Waals surface area contributed by atoms with E-state index in [1.807, 2.05) is 4.90 Å². The van der Waals surface area contributed by atoms with E-state index in [1.165, 1.54) is 31.9 Å². The number of halogens is 3. The Hall–Kier alpha value is -1.09. The highest BCUT2D eigenvalue weighted by Crippen LogP contribution is 2.24. The van der Waals surface area contributed by atoms with Crippen molar-refractivity contribution in [2.45, 2.75) is 38.5 Å². The van der Waals surface area contributed by atoms with Gasteiger partial charge in [0.1, 0.15) is 0 Å². The summed E-state index contributed by atoms with van der Waals surface area (Å²) in [4.78, 5) is 28.6. The van der Waals surface area contributed by atoms with Gasteiger partial charge in [0.2, 0.25) is 5.91 Å².